The van der Waals surface area contributed by atoms with Gasteiger partial charge in [-0.2, -0.15) is 0 Å². The number of benzene rings is 3. The minimum absolute atomic E-state index is 0.398. The Labute approximate surface area is 192 Å². The van der Waals surface area contributed by atoms with E-state index in [1.807, 2.05) is 0 Å². The van der Waals surface area contributed by atoms with Crippen molar-refractivity contribution in [3.8, 4) is 0 Å². The summed E-state index contributed by atoms with van der Waals surface area (Å²) in [6, 6.07) is 23.3. The molecule has 0 aliphatic carbocycles. The fraction of sp³-hybridized carbons (Fsp3) is 0.357. The van der Waals surface area contributed by atoms with Gasteiger partial charge in [0.25, 0.3) is 0 Å². The minimum atomic E-state index is 0.398. The molecule has 0 saturated carbocycles. The van der Waals surface area contributed by atoms with Gasteiger partial charge in [0, 0.05) is 35.9 Å². The standard InChI is InChI=1S/C28H32N2S/c1-17-8-5-6-11-22(17)26-14-18(2)29-27-23(26)12-13-24-25(15-19(3)30(4)28(24)27)20-9-7-10-21(31)16-20/h5-13,16,18-19,25-26,29,31H,14-15H2,1-4H3. The zero-order valence-electron chi connectivity index (χ0n) is 18.9. The van der Waals surface area contributed by atoms with E-state index in [1.54, 1.807) is 0 Å². The SMILES string of the molecule is Cc1ccccc1C1CC(C)Nc2c1ccc1c2N(C)C(C)CC1c1cccc(S)c1. The van der Waals surface area contributed by atoms with E-state index in [-0.39, 0.29) is 0 Å². The van der Waals surface area contributed by atoms with Crippen molar-refractivity contribution in [2.75, 3.05) is 17.3 Å². The molecule has 0 amide bonds. The average molecular weight is 429 g/mol. The lowest BCUT2D eigenvalue weighted by atomic mass is 9.76. The van der Waals surface area contributed by atoms with Gasteiger partial charge in [0.05, 0.1) is 11.4 Å². The first kappa shape index (κ1) is 20.5. The van der Waals surface area contributed by atoms with Crippen molar-refractivity contribution in [1.29, 1.82) is 0 Å². The predicted octanol–water partition coefficient (Wildman–Crippen LogP) is 6.98. The maximum atomic E-state index is 4.61. The summed E-state index contributed by atoms with van der Waals surface area (Å²) >= 11 is 4.61. The van der Waals surface area contributed by atoms with Gasteiger partial charge in [-0.25, -0.2) is 0 Å². The topological polar surface area (TPSA) is 15.3 Å². The monoisotopic (exact) mass is 428 g/mol. The summed E-state index contributed by atoms with van der Waals surface area (Å²) in [5, 5.41) is 3.88. The van der Waals surface area contributed by atoms with E-state index in [0.717, 1.165) is 17.7 Å². The van der Waals surface area contributed by atoms with Gasteiger partial charge in [-0.1, -0.05) is 48.5 Å². The molecule has 4 atom stereocenters. The minimum Gasteiger partial charge on any atom is -0.381 e. The number of fused-ring (bicyclic) bond motifs is 3. The molecular formula is C28H32N2S. The summed E-state index contributed by atoms with van der Waals surface area (Å²) in [6.07, 6.45) is 2.25. The van der Waals surface area contributed by atoms with Gasteiger partial charge in [-0.3, -0.25) is 0 Å². The van der Waals surface area contributed by atoms with E-state index < -0.39 is 0 Å². The summed E-state index contributed by atoms with van der Waals surface area (Å²) < 4.78 is 0. The van der Waals surface area contributed by atoms with Gasteiger partial charge < -0.3 is 10.2 Å². The third kappa shape index (κ3) is 3.53. The Hall–Kier alpha value is -2.39. The van der Waals surface area contributed by atoms with Crippen molar-refractivity contribution in [3.05, 3.63) is 88.5 Å². The van der Waals surface area contributed by atoms with Crippen molar-refractivity contribution in [1.82, 2.24) is 0 Å². The highest BCUT2D eigenvalue weighted by molar-refractivity contribution is 7.80. The van der Waals surface area contributed by atoms with Gasteiger partial charge >= 0.3 is 0 Å². The van der Waals surface area contributed by atoms with Gasteiger partial charge in [0.15, 0.2) is 0 Å². The zero-order chi connectivity index (χ0) is 21.7. The third-order valence-corrected chi connectivity index (χ3v) is 7.68. The summed E-state index contributed by atoms with van der Waals surface area (Å²) in [6.45, 7) is 6.92. The molecule has 2 aliphatic rings. The largest absolute Gasteiger partial charge is 0.381 e. The number of hydrogen-bond donors (Lipinski definition) is 2. The van der Waals surface area contributed by atoms with Crippen LogP contribution in [0, 0.1) is 6.92 Å². The lowest BCUT2D eigenvalue weighted by Crippen LogP contribution is -2.38. The van der Waals surface area contributed by atoms with E-state index >= 15 is 0 Å². The van der Waals surface area contributed by atoms with E-state index in [4.69, 9.17) is 0 Å². The van der Waals surface area contributed by atoms with E-state index in [9.17, 15) is 0 Å². The molecule has 0 bridgehead atoms. The molecule has 2 nitrogen and oxygen atoms in total. The lowest BCUT2D eigenvalue weighted by molar-refractivity contribution is 0.546. The highest BCUT2D eigenvalue weighted by Gasteiger charge is 2.36. The lowest BCUT2D eigenvalue weighted by Gasteiger charge is -2.43. The second-order valence-corrected chi connectivity index (χ2v) is 10.0. The van der Waals surface area contributed by atoms with Gasteiger partial charge in [0.1, 0.15) is 0 Å². The Kier molecular flexibility index (Phi) is 5.26. The molecule has 160 valence electrons. The molecular weight excluding hydrogens is 396 g/mol. The molecule has 3 heteroatoms. The molecule has 0 radical (unpaired) electrons. The Morgan fingerprint density at radius 1 is 0.871 bits per heavy atom. The Balaban J connectivity index is 1.69. The van der Waals surface area contributed by atoms with Crippen LogP contribution in [0.25, 0.3) is 0 Å². The molecule has 0 fully saturated rings. The van der Waals surface area contributed by atoms with Gasteiger partial charge in [0.2, 0.25) is 0 Å². The first-order valence-electron chi connectivity index (χ1n) is 11.4. The zero-order valence-corrected chi connectivity index (χ0v) is 19.8. The Morgan fingerprint density at radius 3 is 2.42 bits per heavy atom. The maximum Gasteiger partial charge on any atom is 0.0643 e. The molecule has 31 heavy (non-hydrogen) atoms. The van der Waals surface area contributed by atoms with Crippen molar-refractivity contribution in [2.24, 2.45) is 0 Å². The fourth-order valence-electron chi connectivity index (χ4n) is 5.69. The van der Waals surface area contributed by atoms with Gasteiger partial charge in [-0.15, -0.1) is 12.6 Å². The molecule has 1 N–H and O–H groups in total. The molecule has 0 aromatic heterocycles. The van der Waals surface area contributed by atoms with Crippen LogP contribution in [-0.4, -0.2) is 19.1 Å². The van der Waals surface area contributed by atoms with Crippen LogP contribution in [0.15, 0.2) is 65.6 Å². The number of aryl methyl sites for hydroxylation is 1. The van der Waals surface area contributed by atoms with E-state index in [0.29, 0.717) is 23.9 Å². The van der Waals surface area contributed by atoms with Crippen molar-refractivity contribution in [3.63, 3.8) is 0 Å². The summed E-state index contributed by atoms with van der Waals surface area (Å²) in [5.41, 5.74) is 9.81. The number of nitrogens with one attached hydrogen (secondary N) is 1. The Bertz CT molecular complexity index is 1120. The summed E-state index contributed by atoms with van der Waals surface area (Å²) in [7, 11) is 2.26. The Morgan fingerprint density at radius 2 is 1.65 bits per heavy atom. The molecule has 5 rings (SSSR count). The second kappa shape index (κ2) is 7.94. The maximum absolute atomic E-state index is 4.61. The van der Waals surface area contributed by atoms with Crippen LogP contribution in [0.1, 0.15) is 66.3 Å². The summed E-state index contributed by atoms with van der Waals surface area (Å²) in [4.78, 5) is 3.53. The molecule has 3 aromatic rings. The number of rotatable bonds is 2. The van der Waals surface area contributed by atoms with Crippen LogP contribution in [0.4, 0.5) is 11.4 Å². The first-order chi connectivity index (χ1) is 14.9. The number of anilines is 2. The normalized spacial score (nSPS) is 24.9. The van der Waals surface area contributed by atoms with Crippen LogP contribution in [0.2, 0.25) is 0 Å². The van der Waals surface area contributed by atoms with Crippen LogP contribution in [-0.2, 0) is 0 Å². The van der Waals surface area contributed by atoms with Crippen LogP contribution < -0.4 is 10.2 Å². The number of thiol groups is 1. The quantitative estimate of drug-likeness (QED) is 0.428. The molecule has 4 unspecified atom stereocenters. The molecule has 2 heterocycles. The first-order valence-corrected chi connectivity index (χ1v) is 11.9. The van der Waals surface area contributed by atoms with Crippen molar-refractivity contribution < 1.29 is 0 Å². The smallest absolute Gasteiger partial charge is 0.0643 e. The third-order valence-electron chi connectivity index (χ3n) is 7.40. The predicted molar refractivity (Wildman–Crippen MR) is 135 cm³/mol. The van der Waals surface area contributed by atoms with E-state index in [2.05, 4.69) is 111 Å². The molecule has 2 aliphatic heterocycles. The van der Waals surface area contributed by atoms with Crippen molar-refractivity contribution >= 4 is 24.0 Å². The van der Waals surface area contributed by atoms with Crippen LogP contribution >= 0.6 is 12.6 Å². The number of hydrogen-bond acceptors (Lipinski definition) is 3. The highest BCUT2D eigenvalue weighted by atomic mass is 32.1. The van der Waals surface area contributed by atoms with Crippen LogP contribution in [0.3, 0.4) is 0 Å². The number of nitrogens with zero attached hydrogens (tertiary/aromatic N) is 1. The summed E-state index contributed by atoms with van der Waals surface area (Å²) in [5.74, 6) is 0.831. The molecule has 0 spiro atoms. The van der Waals surface area contributed by atoms with Gasteiger partial charge in [-0.05, 0) is 73.6 Å². The van der Waals surface area contributed by atoms with E-state index in [1.165, 1.54) is 39.2 Å². The molecule has 0 saturated heterocycles. The second-order valence-electron chi connectivity index (χ2n) is 9.50. The average Bonchev–Trinajstić information content (AvgIpc) is 2.75. The van der Waals surface area contributed by atoms with Crippen LogP contribution in [0.5, 0.6) is 0 Å². The van der Waals surface area contributed by atoms with Crippen molar-refractivity contribution in [2.45, 2.75) is 62.4 Å². The highest BCUT2D eigenvalue weighted by Crippen LogP contribution is 2.51. The molecule has 3 aromatic carbocycles. The fourth-order valence-corrected chi connectivity index (χ4v) is 5.92.